The molecule has 2 aromatic rings. The molecule has 1 aliphatic rings. The van der Waals surface area contributed by atoms with Gasteiger partial charge in [-0.1, -0.05) is 18.2 Å². The van der Waals surface area contributed by atoms with Crippen LogP contribution in [0.2, 0.25) is 0 Å². The molecule has 0 bridgehead atoms. The number of para-hydroxylation sites is 1. The van der Waals surface area contributed by atoms with Crippen molar-refractivity contribution in [1.29, 1.82) is 0 Å². The van der Waals surface area contributed by atoms with E-state index in [0.717, 1.165) is 7.11 Å². The number of carbonyl (C=O) groups is 1. The van der Waals surface area contributed by atoms with E-state index in [1.807, 2.05) is 18.2 Å². The first kappa shape index (κ1) is 26.1. The normalized spacial score (nSPS) is 21.9. The first-order valence-electron chi connectivity index (χ1n) is 10.6. The lowest BCUT2D eigenvalue weighted by Gasteiger charge is -2.44. The number of benzene rings is 2. The molecule has 0 aromatic heterocycles. The van der Waals surface area contributed by atoms with Crippen LogP contribution in [0.1, 0.15) is 13.8 Å². The van der Waals surface area contributed by atoms with E-state index in [9.17, 15) is 23.4 Å². The quantitative estimate of drug-likeness (QED) is 0.438. The molecule has 1 fully saturated rings. The van der Waals surface area contributed by atoms with Crippen LogP contribution in [0.25, 0.3) is 0 Å². The van der Waals surface area contributed by atoms with Crippen LogP contribution in [-0.4, -0.2) is 74.9 Å². The highest BCUT2D eigenvalue weighted by Crippen LogP contribution is 2.29. The molecule has 2 aromatic carbocycles. The van der Waals surface area contributed by atoms with Gasteiger partial charge in [-0.05, 0) is 50.2 Å². The highest BCUT2D eigenvalue weighted by molar-refractivity contribution is 7.89. The van der Waals surface area contributed by atoms with E-state index >= 15 is 0 Å². The summed E-state index contributed by atoms with van der Waals surface area (Å²) in [4.78, 5) is 12.5. The van der Waals surface area contributed by atoms with Gasteiger partial charge in [-0.2, -0.15) is 4.72 Å². The van der Waals surface area contributed by atoms with Crippen LogP contribution in [-0.2, 0) is 29.0 Å². The van der Waals surface area contributed by atoms with Gasteiger partial charge in [0.25, 0.3) is 0 Å². The zero-order valence-corrected chi connectivity index (χ0v) is 19.9. The van der Waals surface area contributed by atoms with Gasteiger partial charge in [0.15, 0.2) is 0 Å². The number of aliphatic hydroxyl groups excluding tert-OH is 2. The molecule has 0 spiro atoms. The number of methoxy groups -OCH3 is 1. The Morgan fingerprint density at radius 2 is 1.74 bits per heavy atom. The van der Waals surface area contributed by atoms with Crippen LogP contribution in [0.4, 0.5) is 0 Å². The SMILES string of the molecule is COC(=O)[C@H](NS(=O)(=O)c1ccc(Oc2ccccc2)cc1)[C@H]1OC(C)(C)CO[C@@H]1[C@H](O)CO. The Morgan fingerprint density at radius 1 is 1.12 bits per heavy atom. The highest BCUT2D eigenvalue weighted by Gasteiger charge is 2.48. The first-order valence-corrected chi connectivity index (χ1v) is 12.1. The summed E-state index contributed by atoms with van der Waals surface area (Å²) in [5.74, 6) is 0.0770. The van der Waals surface area contributed by atoms with Crippen LogP contribution in [0.15, 0.2) is 59.5 Å². The summed E-state index contributed by atoms with van der Waals surface area (Å²) in [5.41, 5.74) is -0.884. The monoisotopic (exact) mass is 495 g/mol. The van der Waals surface area contributed by atoms with Crippen LogP contribution in [0.5, 0.6) is 11.5 Å². The summed E-state index contributed by atoms with van der Waals surface area (Å²) in [5, 5.41) is 19.6. The average Bonchev–Trinajstić information content (AvgIpc) is 2.82. The number of sulfonamides is 1. The Labute approximate surface area is 198 Å². The second-order valence-corrected chi connectivity index (χ2v) is 10.1. The third-order valence-electron chi connectivity index (χ3n) is 5.15. The molecule has 11 heteroatoms. The van der Waals surface area contributed by atoms with Crippen molar-refractivity contribution in [3.8, 4) is 11.5 Å². The van der Waals surface area contributed by atoms with E-state index in [0.29, 0.717) is 11.5 Å². The number of aliphatic hydroxyl groups is 2. The predicted octanol–water partition coefficient (Wildman–Crippen LogP) is 1.21. The lowest BCUT2D eigenvalue weighted by atomic mass is 9.97. The summed E-state index contributed by atoms with van der Waals surface area (Å²) in [6.45, 7) is 2.77. The number of rotatable bonds is 9. The molecule has 0 amide bonds. The maximum Gasteiger partial charge on any atom is 0.326 e. The maximum atomic E-state index is 13.1. The number of hydrogen-bond acceptors (Lipinski definition) is 9. The Bertz CT molecular complexity index is 1060. The Balaban J connectivity index is 1.85. The van der Waals surface area contributed by atoms with Crippen molar-refractivity contribution >= 4 is 16.0 Å². The molecule has 3 N–H and O–H groups in total. The van der Waals surface area contributed by atoms with E-state index in [-0.39, 0.29) is 11.5 Å². The summed E-state index contributed by atoms with van der Waals surface area (Å²) < 4.78 is 50.6. The largest absolute Gasteiger partial charge is 0.468 e. The van der Waals surface area contributed by atoms with Crippen LogP contribution < -0.4 is 9.46 Å². The molecule has 10 nitrogen and oxygen atoms in total. The fraction of sp³-hybridized carbons (Fsp3) is 0.435. The molecular formula is C23H29NO9S. The van der Waals surface area contributed by atoms with Crippen molar-refractivity contribution in [2.75, 3.05) is 20.3 Å². The van der Waals surface area contributed by atoms with Crippen molar-refractivity contribution < 1.29 is 42.4 Å². The lowest BCUT2D eigenvalue weighted by molar-refractivity contribution is -0.249. The molecule has 1 saturated heterocycles. The van der Waals surface area contributed by atoms with Crippen LogP contribution >= 0.6 is 0 Å². The van der Waals surface area contributed by atoms with E-state index in [1.54, 1.807) is 26.0 Å². The van der Waals surface area contributed by atoms with Gasteiger partial charge in [0.2, 0.25) is 10.0 Å². The summed E-state index contributed by atoms with van der Waals surface area (Å²) in [7, 11) is -3.13. The molecule has 0 unspecified atom stereocenters. The molecule has 0 saturated carbocycles. The molecule has 1 aliphatic heterocycles. The van der Waals surface area contributed by atoms with Gasteiger partial charge in [0, 0.05) is 0 Å². The Hall–Kier alpha value is -2.54. The molecule has 34 heavy (non-hydrogen) atoms. The van der Waals surface area contributed by atoms with Gasteiger partial charge in [0.05, 0.1) is 30.8 Å². The van der Waals surface area contributed by atoms with Gasteiger partial charge in [0.1, 0.15) is 35.9 Å². The Kier molecular flexibility index (Phi) is 8.29. The standard InChI is InChI=1S/C23H29NO9S/c1-23(2)14-31-20(18(26)13-25)21(33-23)19(22(27)30-3)24-34(28,29)17-11-9-16(10-12-17)32-15-7-5-4-6-8-15/h4-12,18-21,24-26H,13-14H2,1-3H3/t18-,19-,20-,21-/m1/s1. The highest BCUT2D eigenvalue weighted by atomic mass is 32.2. The van der Waals surface area contributed by atoms with Gasteiger partial charge in [-0.3, -0.25) is 4.79 Å². The smallest absolute Gasteiger partial charge is 0.326 e. The minimum absolute atomic E-state index is 0.0642. The van der Waals surface area contributed by atoms with Gasteiger partial charge < -0.3 is 29.2 Å². The molecule has 3 rings (SSSR count). The lowest BCUT2D eigenvalue weighted by Crippen LogP contribution is -2.63. The Morgan fingerprint density at radius 3 is 2.32 bits per heavy atom. The van der Waals surface area contributed by atoms with Gasteiger partial charge in [-0.25, -0.2) is 8.42 Å². The fourth-order valence-corrected chi connectivity index (χ4v) is 4.67. The number of hydrogen-bond donors (Lipinski definition) is 3. The van der Waals surface area contributed by atoms with Crippen molar-refractivity contribution in [3.05, 3.63) is 54.6 Å². The molecule has 1 heterocycles. The van der Waals surface area contributed by atoms with E-state index in [1.165, 1.54) is 24.3 Å². The van der Waals surface area contributed by atoms with Crippen molar-refractivity contribution in [3.63, 3.8) is 0 Å². The molecule has 0 aliphatic carbocycles. The van der Waals surface area contributed by atoms with Gasteiger partial charge >= 0.3 is 5.97 Å². The number of esters is 1. The van der Waals surface area contributed by atoms with Gasteiger partial charge in [-0.15, -0.1) is 0 Å². The second kappa shape index (κ2) is 10.8. The summed E-state index contributed by atoms with van der Waals surface area (Å²) >= 11 is 0. The predicted molar refractivity (Wildman–Crippen MR) is 121 cm³/mol. The number of carbonyl (C=O) groups excluding carboxylic acids is 1. The van der Waals surface area contributed by atoms with Crippen molar-refractivity contribution in [2.45, 2.75) is 48.7 Å². The van der Waals surface area contributed by atoms with E-state index in [4.69, 9.17) is 18.9 Å². The number of nitrogens with one attached hydrogen (secondary N) is 1. The second-order valence-electron chi connectivity index (χ2n) is 8.38. The summed E-state index contributed by atoms with van der Waals surface area (Å²) in [6, 6.07) is 13.1. The fourth-order valence-electron chi connectivity index (χ4n) is 3.48. The zero-order valence-electron chi connectivity index (χ0n) is 19.1. The minimum Gasteiger partial charge on any atom is -0.468 e. The van der Waals surface area contributed by atoms with Crippen LogP contribution in [0.3, 0.4) is 0 Å². The average molecular weight is 496 g/mol. The van der Waals surface area contributed by atoms with E-state index in [2.05, 4.69) is 4.72 Å². The molecule has 186 valence electrons. The van der Waals surface area contributed by atoms with Crippen molar-refractivity contribution in [1.82, 2.24) is 4.72 Å². The topological polar surface area (TPSA) is 141 Å². The number of ether oxygens (including phenoxy) is 4. The minimum atomic E-state index is -4.23. The molecular weight excluding hydrogens is 466 g/mol. The maximum absolute atomic E-state index is 13.1. The molecule has 4 atom stereocenters. The first-order chi connectivity index (χ1) is 16.1. The zero-order chi connectivity index (χ0) is 24.9. The van der Waals surface area contributed by atoms with Crippen LogP contribution in [0, 0.1) is 0 Å². The third kappa shape index (κ3) is 6.32. The summed E-state index contributed by atoms with van der Waals surface area (Å²) in [6.07, 6.45) is -3.85. The molecule has 0 radical (unpaired) electrons. The van der Waals surface area contributed by atoms with Crippen molar-refractivity contribution in [2.24, 2.45) is 0 Å². The van der Waals surface area contributed by atoms with E-state index < -0.39 is 52.6 Å². The third-order valence-corrected chi connectivity index (χ3v) is 6.60.